The lowest BCUT2D eigenvalue weighted by atomic mass is 9.84. The fourth-order valence-electron chi connectivity index (χ4n) is 6.95. The Hall–Kier alpha value is -1.72. The topological polar surface area (TPSA) is 90.9 Å². The van der Waals surface area contributed by atoms with Gasteiger partial charge in [-0.1, -0.05) is 101 Å². The number of carbonyl (C=O) groups excluding carboxylic acids is 1. The molecular weight excluding hydrogens is 829 g/mol. The summed E-state index contributed by atoms with van der Waals surface area (Å²) in [5.41, 5.74) is 3.39. The summed E-state index contributed by atoms with van der Waals surface area (Å²) in [5, 5.41) is -0.113. The number of ether oxygens (including phenoxy) is 5. The number of hydrogen-bond donors (Lipinski definition) is 0. The van der Waals surface area contributed by atoms with Crippen molar-refractivity contribution in [2.75, 3.05) is 20.3 Å². The highest BCUT2D eigenvalue weighted by atomic mass is 28.4. The van der Waals surface area contributed by atoms with Crippen LogP contribution in [0.2, 0.25) is 54.4 Å². The standard InChI is InChI=1S/C50H88O9Si3/c1-34(23-26-40(57-60(17,18)47(5,6)7)32-53-31-38-24-27-39(52-16)28-25-38)41(51)29-35(2)37(4)45(59-62(21,22)49(11,12)13)46-42(58-61(19,20)48(8,9)10)30-36(3)44(55-46)43-33-54-50(14,15)56-43/h24-25,27-28,35,40,42-46H,1,3-4,23,26,29-33H2,2,5-22H3/t35-,40+,42+,43+,44-,45-,46+/m1/s1. The van der Waals surface area contributed by atoms with E-state index in [9.17, 15) is 4.79 Å². The minimum Gasteiger partial charge on any atom is -0.497 e. The molecule has 0 unspecified atom stereocenters. The molecule has 0 radical (unpaired) electrons. The Kier molecular flexibility index (Phi) is 18.4. The van der Waals surface area contributed by atoms with Gasteiger partial charge in [-0.25, -0.2) is 0 Å². The van der Waals surface area contributed by atoms with Crippen LogP contribution < -0.4 is 4.74 Å². The third-order valence-corrected chi connectivity index (χ3v) is 27.8. The number of benzene rings is 1. The largest absolute Gasteiger partial charge is 0.497 e. The van der Waals surface area contributed by atoms with Gasteiger partial charge in [0.25, 0.3) is 0 Å². The molecule has 12 heteroatoms. The first-order valence-corrected chi connectivity index (χ1v) is 31.6. The summed E-state index contributed by atoms with van der Waals surface area (Å²) in [4.78, 5) is 14.2. The lowest BCUT2D eigenvalue weighted by molar-refractivity contribution is -0.181. The van der Waals surface area contributed by atoms with E-state index in [0.29, 0.717) is 44.7 Å². The highest BCUT2D eigenvalue weighted by Crippen LogP contribution is 2.46. The van der Waals surface area contributed by atoms with Gasteiger partial charge in [0.15, 0.2) is 36.5 Å². The second-order valence-electron chi connectivity index (χ2n) is 23.1. The van der Waals surface area contributed by atoms with Gasteiger partial charge in [-0.3, -0.25) is 4.79 Å². The molecule has 0 amide bonds. The number of Topliss-reactive ketones (excluding diaryl/α,β-unsaturated/α-hetero) is 1. The van der Waals surface area contributed by atoms with Crippen LogP contribution in [0.3, 0.4) is 0 Å². The minimum atomic E-state index is -2.43. The maximum atomic E-state index is 14.2. The molecule has 3 rings (SSSR count). The number of allylic oxidation sites excluding steroid dienone is 1. The minimum absolute atomic E-state index is 0.0126. The SMILES string of the molecule is C=C(CC[C@@H](COCc1ccc(OC)cc1)O[Si](C)(C)C(C)(C)C)C(=O)C[C@@H](C)C(=C)[C@@H](O[Si](C)(C)C(C)(C)C)[C@H]1O[C@@H]([C@@H]2COC(C)(C)O2)C(=C)C[C@@H]1O[Si](C)(C)C(C)(C)C. The average Bonchev–Trinajstić information content (AvgIpc) is 3.49. The molecule has 0 saturated carbocycles. The quantitative estimate of drug-likeness (QED) is 0.0679. The van der Waals surface area contributed by atoms with Crippen LogP contribution in [0.25, 0.3) is 0 Å². The molecule has 2 heterocycles. The predicted octanol–water partition coefficient (Wildman–Crippen LogP) is 12.7. The molecule has 0 aromatic heterocycles. The second kappa shape index (κ2) is 20.8. The predicted molar refractivity (Wildman–Crippen MR) is 262 cm³/mol. The average molecular weight is 918 g/mol. The van der Waals surface area contributed by atoms with E-state index in [4.69, 9.17) is 43.5 Å². The van der Waals surface area contributed by atoms with Crippen LogP contribution in [0.5, 0.6) is 5.75 Å². The maximum Gasteiger partial charge on any atom is 0.193 e. The van der Waals surface area contributed by atoms with Gasteiger partial charge in [-0.05, 0) is 128 Å². The van der Waals surface area contributed by atoms with Crippen LogP contribution in [0, 0.1) is 5.92 Å². The van der Waals surface area contributed by atoms with Gasteiger partial charge < -0.3 is 37.0 Å². The molecule has 62 heavy (non-hydrogen) atoms. The summed E-state index contributed by atoms with van der Waals surface area (Å²) in [6.07, 6.45) is -0.332. The zero-order valence-electron chi connectivity index (χ0n) is 42.6. The Labute approximate surface area is 381 Å². The van der Waals surface area contributed by atoms with E-state index in [0.717, 1.165) is 22.5 Å². The van der Waals surface area contributed by atoms with Crippen molar-refractivity contribution in [2.24, 2.45) is 5.92 Å². The van der Waals surface area contributed by atoms with E-state index in [1.165, 1.54) is 0 Å². The van der Waals surface area contributed by atoms with Crippen LogP contribution in [0.15, 0.2) is 60.7 Å². The summed E-state index contributed by atoms with van der Waals surface area (Å²) in [6.45, 7) is 54.5. The van der Waals surface area contributed by atoms with Crippen molar-refractivity contribution in [2.45, 2.75) is 212 Å². The Morgan fingerprint density at radius 1 is 0.871 bits per heavy atom. The molecular formula is C50H88O9Si3. The van der Waals surface area contributed by atoms with Gasteiger partial charge >= 0.3 is 0 Å². The van der Waals surface area contributed by atoms with Crippen LogP contribution in [0.1, 0.15) is 114 Å². The molecule has 0 N–H and O–H groups in total. The van der Waals surface area contributed by atoms with Crippen LogP contribution in [-0.4, -0.2) is 93.5 Å². The smallest absolute Gasteiger partial charge is 0.193 e. The summed E-state index contributed by atoms with van der Waals surface area (Å²) in [5.74, 6) is -0.133. The first-order valence-electron chi connectivity index (χ1n) is 22.9. The number of rotatable bonds is 21. The van der Waals surface area contributed by atoms with E-state index < -0.39 is 49.1 Å². The van der Waals surface area contributed by atoms with Gasteiger partial charge in [-0.2, -0.15) is 0 Å². The fourth-order valence-corrected chi connectivity index (χ4v) is 10.9. The van der Waals surface area contributed by atoms with Gasteiger partial charge in [0.05, 0.1) is 45.2 Å². The Balaban J connectivity index is 1.88. The lowest BCUT2D eigenvalue weighted by Gasteiger charge is -2.50. The molecule has 9 nitrogen and oxygen atoms in total. The van der Waals surface area contributed by atoms with Crippen LogP contribution >= 0.6 is 0 Å². The Bertz CT molecular complexity index is 1680. The lowest BCUT2D eigenvalue weighted by Crippen LogP contribution is -2.59. The number of ketones is 1. The number of hydrogen-bond acceptors (Lipinski definition) is 9. The van der Waals surface area contributed by atoms with E-state index in [2.05, 4.69) is 122 Å². The normalized spacial score (nSPS) is 23.2. The monoisotopic (exact) mass is 917 g/mol. The van der Waals surface area contributed by atoms with Gasteiger partial charge in [-0.15, -0.1) is 0 Å². The van der Waals surface area contributed by atoms with Gasteiger partial charge in [0.1, 0.15) is 24.1 Å². The van der Waals surface area contributed by atoms with Gasteiger partial charge in [0, 0.05) is 6.42 Å². The third kappa shape index (κ3) is 14.6. The highest BCUT2D eigenvalue weighted by molar-refractivity contribution is 6.75. The van der Waals surface area contributed by atoms with E-state index >= 15 is 0 Å². The molecule has 2 aliphatic heterocycles. The maximum absolute atomic E-state index is 14.2. The van der Waals surface area contributed by atoms with E-state index in [1.54, 1.807) is 7.11 Å². The summed E-state index contributed by atoms with van der Waals surface area (Å²) in [7, 11) is -5.21. The molecule has 0 bridgehead atoms. The first kappa shape index (κ1) is 54.6. The van der Waals surface area contributed by atoms with E-state index in [1.807, 2.05) is 38.1 Å². The number of methoxy groups -OCH3 is 1. The number of carbonyl (C=O) groups is 1. The molecule has 1 aromatic rings. The molecule has 2 saturated heterocycles. The molecule has 7 atom stereocenters. The summed E-state index contributed by atoms with van der Waals surface area (Å²) >= 11 is 0. The van der Waals surface area contributed by atoms with E-state index in [-0.39, 0.29) is 51.5 Å². The zero-order chi connectivity index (χ0) is 47.4. The van der Waals surface area contributed by atoms with Crippen molar-refractivity contribution in [1.29, 1.82) is 0 Å². The van der Waals surface area contributed by atoms with Crippen LogP contribution in [-0.2, 0) is 43.6 Å². The molecule has 2 fully saturated rings. The van der Waals surface area contributed by atoms with Crippen molar-refractivity contribution in [1.82, 2.24) is 0 Å². The molecule has 0 spiro atoms. The Morgan fingerprint density at radius 3 is 1.92 bits per heavy atom. The van der Waals surface area contributed by atoms with Crippen molar-refractivity contribution in [3.05, 3.63) is 66.3 Å². The van der Waals surface area contributed by atoms with Crippen molar-refractivity contribution >= 4 is 30.7 Å². The summed E-state index contributed by atoms with van der Waals surface area (Å²) in [6, 6.07) is 7.90. The molecule has 0 aliphatic carbocycles. The molecule has 1 aromatic carbocycles. The Morgan fingerprint density at radius 2 is 1.42 bits per heavy atom. The van der Waals surface area contributed by atoms with Crippen molar-refractivity contribution in [3.63, 3.8) is 0 Å². The second-order valence-corrected chi connectivity index (χ2v) is 37.3. The first-order chi connectivity index (χ1) is 28.1. The zero-order valence-corrected chi connectivity index (χ0v) is 45.6. The van der Waals surface area contributed by atoms with Crippen LogP contribution in [0.4, 0.5) is 0 Å². The highest BCUT2D eigenvalue weighted by Gasteiger charge is 2.52. The van der Waals surface area contributed by atoms with Crippen molar-refractivity contribution in [3.8, 4) is 5.75 Å². The van der Waals surface area contributed by atoms with Gasteiger partial charge in [0.2, 0.25) is 0 Å². The molecule has 354 valence electrons. The van der Waals surface area contributed by atoms with Crippen molar-refractivity contribution < 1.29 is 41.8 Å². The summed E-state index contributed by atoms with van der Waals surface area (Å²) < 4.78 is 52.7. The fraction of sp³-hybridized carbons (Fsp3) is 0.740. The molecule has 2 aliphatic rings. The third-order valence-electron chi connectivity index (χ3n) is 14.3.